The first-order valence-corrected chi connectivity index (χ1v) is 10.3. The largest absolute Gasteiger partial charge is 0.489 e. The predicted octanol–water partition coefficient (Wildman–Crippen LogP) is 2.59. The minimum Gasteiger partial charge on any atom is -0.489 e. The molecule has 1 aliphatic carbocycles. The highest BCUT2D eigenvalue weighted by Crippen LogP contribution is 2.38. The zero-order valence-corrected chi connectivity index (χ0v) is 18.3. The number of aliphatic hydroxyl groups is 1. The zero-order chi connectivity index (χ0) is 22.6. The lowest BCUT2D eigenvalue weighted by atomic mass is 9.97. The van der Waals surface area contributed by atoms with Gasteiger partial charge in [-0.05, 0) is 50.1 Å². The Bertz CT molecular complexity index is 872. The van der Waals surface area contributed by atoms with E-state index in [1.54, 1.807) is 26.2 Å². The quantitative estimate of drug-likeness (QED) is 0.269. The predicted molar refractivity (Wildman–Crippen MR) is 121 cm³/mol. The number of nitrogens with zero attached hydrogens (tertiary/aromatic N) is 2. The third kappa shape index (κ3) is 7.41. The number of amides is 1. The number of alkyl halides is 1. The summed E-state index contributed by atoms with van der Waals surface area (Å²) < 4.78 is 17.8. The number of allylic oxidation sites excluding steroid dienone is 6. The molecule has 1 atom stereocenters. The summed E-state index contributed by atoms with van der Waals surface area (Å²) in [7, 11) is 3.44. The van der Waals surface area contributed by atoms with Crippen molar-refractivity contribution in [3.8, 4) is 0 Å². The lowest BCUT2D eigenvalue weighted by Gasteiger charge is -2.16. The number of nitrogens with one attached hydrogen (secondary N) is 2. The van der Waals surface area contributed by atoms with Gasteiger partial charge in [-0.15, -0.1) is 0 Å². The SMILES string of the molecule is C\N=C/C(=C\C=C\C(=C1CC1)c1ccnc(C(=O)NC(C)CO)c1CNC)OCCF. The van der Waals surface area contributed by atoms with E-state index >= 15 is 0 Å². The van der Waals surface area contributed by atoms with Crippen molar-refractivity contribution in [2.24, 2.45) is 4.99 Å². The van der Waals surface area contributed by atoms with Crippen LogP contribution in [0.2, 0.25) is 0 Å². The van der Waals surface area contributed by atoms with E-state index in [1.807, 2.05) is 25.3 Å². The molecule has 8 heteroatoms. The number of carbonyl (C=O) groups excluding carboxylic acids is 1. The minimum atomic E-state index is -0.571. The molecule has 0 bridgehead atoms. The van der Waals surface area contributed by atoms with Gasteiger partial charge in [-0.2, -0.15) is 0 Å². The highest BCUT2D eigenvalue weighted by molar-refractivity contribution is 5.96. The van der Waals surface area contributed by atoms with Crippen LogP contribution in [0.5, 0.6) is 0 Å². The number of carbonyl (C=O) groups is 1. The number of ether oxygens (including phenoxy) is 1. The van der Waals surface area contributed by atoms with E-state index < -0.39 is 6.67 Å². The van der Waals surface area contributed by atoms with Gasteiger partial charge in [0.25, 0.3) is 5.91 Å². The van der Waals surface area contributed by atoms with Gasteiger partial charge in [-0.25, -0.2) is 4.39 Å². The van der Waals surface area contributed by atoms with Crippen LogP contribution in [0.1, 0.15) is 41.4 Å². The van der Waals surface area contributed by atoms with Crippen molar-refractivity contribution in [3.63, 3.8) is 0 Å². The van der Waals surface area contributed by atoms with Gasteiger partial charge < -0.3 is 20.5 Å². The Morgan fingerprint density at radius 3 is 2.84 bits per heavy atom. The maximum atomic E-state index is 12.7. The van der Waals surface area contributed by atoms with Crippen LogP contribution in [0.4, 0.5) is 4.39 Å². The van der Waals surface area contributed by atoms with Crippen LogP contribution >= 0.6 is 0 Å². The number of hydrogen-bond acceptors (Lipinski definition) is 6. The van der Waals surface area contributed by atoms with Crippen LogP contribution in [-0.4, -0.2) is 62.2 Å². The lowest BCUT2D eigenvalue weighted by molar-refractivity contribution is 0.0916. The number of rotatable bonds is 12. The van der Waals surface area contributed by atoms with Crippen LogP contribution < -0.4 is 10.6 Å². The van der Waals surface area contributed by atoms with Crippen molar-refractivity contribution < 1.29 is 19.0 Å². The van der Waals surface area contributed by atoms with Gasteiger partial charge in [0.05, 0.1) is 12.8 Å². The van der Waals surface area contributed by atoms with Crippen molar-refractivity contribution >= 4 is 17.7 Å². The maximum absolute atomic E-state index is 12.7. The van der Waals surface area contributed by atoms with Crippen molar-refractivity contribution in [3.05, 3.63) is 58.6 Å². The molecule has 31 heavy (non-hydrogen) atoms. The summed E-state index contributed by atoms with van der Waals surface area (Å²) in [6.45, 7) is 1.45. The third-order valence-electron chi connectivity index (χ3n) is 4.57. The van der Waals surface area contributed by atoms with Gasteiger partial charge in [0.15, 0.2) is 0 Å². The Balaban J connectivity index is 2.40. The van der Waals surface area contributed by atoms with Crippen molar-refractivity contribution in [1.82, 2.24) is 15.6 Å². The number of aliphatic imine (C=N–C) groups is 1. The second kappa shape index (κ2) is 12.8. The average molecular weight is 431 g/mol. The summed E-state index contributed by atoms with van der Waals surface area (Å²) in [5.41, 5.74) is 4.38. The van der Waals surface area contributed by atoms with Gasteiger partial charge in [-0.3, -0.25) is 14.8 Å². The highest BCUT2D eigenvalue weighted by atomic mass is 19.1. The van der Waals surface area contributed by atoms with E-state index in [-0.39, 0.29) is 25.2 Å². The molecule has 1 amide bonds. The molecule has 0 aromatic carbocycles. The van der Waals surface area contributed by atoms with Gasteiger partial charge in [0.1, 0.15) is 24.7 Å². The molecular weight excluding hydrogens is 399 g/mol. The fourth-order valence-electron chi connectivity index (χ4n) is 3.02. The third-order valence-corrected chi connectivity index (χ3v) is 4.57. The molecule has 0 radical (unpaired) electrons. The Labute approximate surface area is 182 Å². The number of aliphatic hydroxyl groups excluding tert-OH is 1. The molecule has 1 unspecified atom stereocenters. The number of pyridine rings is 1. The van der Waals surface area contributed by atoms with Crippen molar-refractivity contribution in [2.45, 2.75) is 32.4 Å². The topological polar surface area (TPSA) is 95.8 Å². The van der Waals surface area contributed by atoms with Crippen LogP contribution in [0.25, 0.3) is 5.57 Å². The van der Waals surface area contributed by atoms with E-state index in [2.05, 4.69) is 20.6 Å². The monoisotopic (exact) mass is 430 g/mol. The fraction of sp³-hybridized carbons (Fsp3) is 0.435. The second-order valence-electron chi connectivity index (χ2n) is 7.14. The van der Waals surface area contributed by atoms with E-state index in [0.29, 0.717) is 18.0 Å². The molecule has 1 saturated carbocycles. The molecular formula is C23H31FN4O3. The lowest BCUT2D eigenvalue weighted by Crippen LogP contribution is -2.36. The summed E-state index contributed by atoms with van der Waals surface area (Å²) in [5, 5.41) is 15.1. The normalized spacial score (nSPS) is 14.9. The molecule has 1 heterocycles. The van der Waals surface area contributed by atoms with Crippen molar-refractivity contribution in [1.29, 1.82) is 0 Å². The standard InChI is InChI=1S/C23H31FN4O3/c1-16(15-29)28-23(30)22-21(14-26-3)20(9-11-27-22)19(17-7-8-17)6-4-5-18(13-25-2)31-12-10-24/h4-6,9,11,13,16,26,29H,7-8,10,12,14-15H2,1-3H3,(H,28,30)/b6-4+,18-5+,25-13-. The van der Waals surface area contributed by atoms with Gasteiger partial charge in [0, 0.05) is 31.4 Å². The summed E-state index contributed by atoms with van der Waals surface area (Å²) in [6.07, 6.45) is 10.7. The molecule has 7 nitrogen and oxygen atoms in total. The van der Waals surface area contributed by atoms with Gasteiger partial charge in [0.2, 0.25) is 0 Å². The molecule has 168 valence electrons. The van der Waals surface area contributed by atoms with Crippen LogP contribution in [0.15, 0.2) is 46.8 Å². The molecule has 3 N–H and O–H groups in total. The number of hydrogen-bond donors (Lipinski definition) is 3. The highest BCUT2D eigenvalue weighted by Gasteiger charge is 2.23. The summed E-state index contributed by atoms with van der Waals surface area (Å²) in [6, 6.07) is 1.54. The van der Waals surface area contributed by atoms with Gasteiger partial charge in [-0.1, -0.05) is 17.7 Å². The minimum absolute atomic E-state index is 0.0267. The average Bonchev–Trinajstić information content (AvgIpc) is 3.60. The van der Waals surface area contributed by atoms with Crippen LogP contribution in [0, 0.1) is 0 Å². The summed E-state index contributed by atoms with van der Waals surface area (Å²) in [4.78, 5) is 21.0. The zero-order valence-electron chi connectivity index (χ0n) is 18.3. The Morgan fingerprint density at radius 2 is 2.23 bits per heavy atom. The molecule has 0 spiro atoms. The van der Waals surface area contributed by atoms with Crippen LogP contribution in [-0.2, 0) is 11.3 Å². The first kappa shape index (κ1) is 24.4. The molecule has 0 aliphatic heterocycles. The summed E-state index contributed by atoms with van der Waals surface area (Å²) >= 11 is 0. The smallest absolute Gasteiger partial charge is 0.270 e. The van der Waals surface area contributed by atoms with E-state index in [4.69, 9.17) is 4.74 Å². The molecule has 1 aliphatic rings. The molecule has 2 rings (SSSR count). The Hall–Kier alpha value is -2.84. The first-order chi connectivity index (χ1) is 15.0. The van der Waals surface area contributed by atoms with E-state index in [1.165, 1.54) is 11.8 Å². The Kier molecular flexibility index (Phi) is 10.1. The maximum Gasteiger partial charge on any atom is 0.270 e. The first-order valence-electron chi connectivity index (χ1n) is 10.3. The molecule has 1 aromatic rings. The number of aromatic nitrogens is 1. The van der Waals surface area contributed by atoms with Crippen molar-refractivity contribution in [2.75, 3.05) is 34.0 Å². The molecule has 1 aromatic heterocycles. The molecule has 0 saturated heterocycles. The van der Waals surface area contributed by atoms with Gasteiger partial charge >= 0.3 is 0 Å². The molecule has 1 fully saturated rings. The second-order valence-corrected chi connectivity index (χ2v) is 7.14. The fourth-order valence-corrected chi connectivity index (χ4v) is 3.02. The summed E-state index contributed by atoms with van der Waals surface area (Å²) in [5.74, 6) is 0.151. The Morgan fingerprint density at radius 1 is 1.45 bits per heavy atom. The van der Waals surface area contributed by atoms with E-state index in [9.17, 15) is 14.3 Å². The van der Waals surface area contributed by atoms with E-state index in [0.717, 1.165) is 29.5 Å². The number of halogens is 1. The van der Waals surface area contributed by atoms with Crippen LogP contribution in [0.3, 0.4) is 0 Å².